The highest BCUT2D eigenvalue weighted by molar-refractivity contribution is 5.55. The summed E-state index contributed by atoms with van der Waals surface area (Å²) in [7, 11) is 1.65. The summed E-state index contributed by atoms with van der Waals surface area (Å²) in [5.41, 5.74) is 6.97. The zero-order chi connectivity index (χ0) is 10.5. The Morgan fingerprint density at radius 3 is 2.53 bits per heavy atom. The predicted octanol–water partition coefficient (Wildman–Crippen LogP) is 1.37. The third kappa shape index (κ3) is 1.25. The third-order valence-corrected chi connectivity index (χ3v) is 3.02. The van der Waals surface area contributed by atoms with Crippen molar-refractivity contribution < 1.29 is 14.2 Å². The molecule has 1 aliphatic heterocycles. The van der Waals surface area contributed by atoms with Crippen molar-refractivity contribution in [1.29, 1.82) is 0 Å². The highest BCUT2D eigenvalue weighted by Crippen LogP contribution is 2.50. The normalized spacial score (nSPS) is 20.1. The van der Waals surface area contributed by atoms with Gasteiger partial charge in [-0.1, -0.05) is 0 Å². The first-order valence-electron chi connectivity index (χ1n) is 5.00. The molecular formula is C11H13NO3. The van der Waals surface area contributed by atoms with Gasteiger partial charge in [-0.3, -0.25) is 0 Å². The molecule has 1 aromatic rings. The van der Waals surface area contributed by atoms with Crippen LogP contribution in [0.1, 0.15) is 18.4 Å². The van der Waals surface area contributed by atoms with E-state index in [1.165, 1.54) is 0 Å². The van der Waals surface area contributed by atoms with E-state index in [2.05, 4.69) is 0 Å². The highest BCUT2D eigenvalue weighted by atomic mass is 16.7. The van der Waals surface area contributed by atoms with E-state index in [9.17, 15) is 0 Å². The number of ether oxygens (including phenoxy) is 3. The monoisotopic (exact) mass is 207 g/mol. The molecule has 3 rings (SSSR count). The van der Waals surface area contributed by atoms with Gasteiger partial charge < -0.3 is 19.9 Å². The van der Waals surface area contributed by atoms with Crippen LogP contribution in [0.15, 0.2) is 12.1 Å². The van der Waals surface area contributed by atoms with Crippen LogP contribution >= 0.6 is 0 Å². The second kappa shape index (κ2) is 2.79. The first-order chi connectivity index (χ1) is 7.23. The third-order valence-electron chi connectivity index (χ3n) is 3.02. The zero-order valence-corrected chi connectivity index (χ0v) is 8.58. The van der Waals surface area contributed by atoms with Gasteiger partial charge in [-0.25, -0.2) is 0 Å². The standard InChI is InChI=1S/C11H13NO3/c1-13-8-5-10-9(14-6-15-10)4-7(8)11(12)2-3-11/h4-5H,2-3,6,12H2,1H3. The van der Waals surface area contributed by atoms with Crippen LogP contribution < -0.4 is 19.9 Å². The first-order valence-corrected chi connectivity index (χ1v) is 5.00. The lowest BCUT2D eigenvalue weighted by atomic mass is 10.0. The smallest absolute Gasteiger partial charge is 0.231 e. The van der Waals surface area contributed by atoms with Crippen molar-refractivity contribution in [3.05, 3.63) is 17.7 Å². The van der Waals surface area contributed by atoms with Crippen molar-refractivity contribution in [2.75, 3.05) is 13.9 Å². The molecule has 1 heterocycles. The Kier molecular flexibility index (Phi) is 1.65. The van der Waals surface area contributed by atoms with Crippen molar-refractivity contribution in [2.45, 2.75) is 18.4 Å². The van der Waals surface area contributed by atoms with Gasteiger partial charge in [0.25, 0.3) is 0 Å². The average molecular weight is 207 g/mol. The van der Waals surface area contributed by atoms with Crippen molar-refractivity contribution >= 4 is 0 Å². The molecule has 0 spiro atoms. The molecule has 2 N–H and O–H groups in total. The van der Waals surface area contributed by atoms with Gasteiger partial charge in [0.1, 0.15) is 5.75 Å². The SMILES string of the molecule is COc1cc2c(cc1C1(N)CC1)OCO2. The van der Waals surface area contributed by atoms with Gasteiger partial charge in [0.05, 0.1) is 7.11 Å². The number of benzene rings is 1. The molecule has 0 saturated heterocycles. The van der Waals surface area contributed by atoms with Gasteiger partial charge in [-0.2, -0.15) is 0 Å². The summed E-state index contributed by atoms with van der Waals surface area (Å²) in [6.07, 6.45) is 2.01. The summed E-state index contributed by atoms with van der Waals surface area (Å²) >= 11 is 0. The molecule has 0 amide bonds. The fraction of sp³-hybridized carbons (Fsp3) is 0.455. The molecule has 4 nitrogen and oxygen atoms in total. The largest absolute Gasteiger partial charge is 0.496 e. The Morgan fingerprint density at radius 2 is 1.93 bits per heavy atom. The summed E-state index contributed by atoms with van der Waals surface area (Å²) < 4.78 is 15.9. The van der Waals surface area contributed by atoms with E-state index in [-0.39, 0.29) is 12.3 Å². The van der Waals surface area contributed by atoms with Gasteiger partial charge in [0, 0.05) is 17.2 Å². The van der Waals surface area contributed by atoms with Gasteiger partial charge in [-0.05, 0) is 18.9 Å². The Bertz CT molecular complexity index is 413. The Morgan fingerprint density at radius 1 is 1.27 bits per heavy atom. The molecule has 1 saturated carbocycles. The molecule has 0 atom stereocenters. The lowest BCUT2D eigenvalue weighted by Gasteiger charge is -2.14. The summed E-state index contributed by atoms with van der Waals surface area (Å²) in [4.78, 5) is 0. The van der Waals surface area contributed by atoms with Crippen molar-refractivity contribution in [3.63, 3.8) is 0 Å². The number of methoxy groups -OCH3 is 1. The zero-order valence-electron chi connectivity index (χ0n) is 8.58. The number of nitrogens with two attached hydrogens (primary N) is 1. The van der Waals surface area contributed by atoms with E-state index in [0.717, 1.165) is 35.7 Å². The Labute approximate surface area is 87.9 Å². The first kappa shape index (κ1) is 8.85. The molecule has 0 radical (unpaired) electrons. The van der Waals surface area contributed by atoms with E-state index in [1.54, 1.807) is 7.11 Å². The van der Waals surface area contributed by atoms with Gasteiger partial charge in [-0.15, -0.1) is 0 Å². The summed E-state index contributed by atoms with van der Waals surface area (Å²) in [6, 6.07) is 3.79. The lowest BCUT2D eigenvalue weighted by molar-refractivity contribution is 0.174. The summed E-state index contributed by atoms with van der Waals surface area (Å²) in [5.74, 6) is 2.29. The number of rotatable bonds is 2. The van der Waals surface area contributed by atoms with Crippen LogP contribution in [0.5, 0.6) is 17.2 Å². The molecule has 2 aliphatic rings. The molecule has 1 aliphatic carbocycles. The number of hydrogen-bond donors (Lipinski definition) is 1. The second-order valence-corrected chi connectivity index (χ2v) is 4.06. The van der Waals surface area contributed by atoms with Crippen LogP contribution in [0.2, 0.25) is 0 Å². The fourth-order valence-corrected chi connectivity index (χ4v) is 1.89. The molecular weight excluding hydrogens is 194 g/mol. The topological polar surface area (TPSA) is 53.7 Å². The quantitative estimate of drug-likeness (QED) is 0.795. The van der Waals surface area contributed by atoms with Crippen molar-refractivity contribution in [3.8, 4) is 17.2 Å². The summed E-state index contributed by atoms with van der Waals surface area (Å²) in [5, 5.41) is 0. The minimum Gasteiger partial charge on any atom is -0.496 e. The maximum Gasteiger partial charge on any atom is 0.231 e. The lowest BCUT2D eigenvalue weighted by Crippen LogP contribution is -2.19. The van der Waals surface area contributed by atoms with Crippen LogP contribution in [-0.4, -0.2) is 13.9 Å². The summed E-state index contributed by atoms with van der Waals surface area (Å²) in [6.45, 7) is 0.277. The second-order valence-electron chi connectivity index (χ2n) is 4.06. The average Bonchev–Trinajstić information content (AvgIpc) is 2.83. The molecule has 0 unspecified atom stereocenters. The number of fused-ring (bicyclic) bond motifs is 1. The molecule has 0 aromatic heterocycles. The molecule has 1 aromatic carbocycles. The molecule has 4 heteroatoms. The molecule has 0 bridgehead atoms. The maximum absolute atomic E-state index is 6.16. The van der Waals surface area contributed by atoms with Crippen molar-refractivity contribution in [1.82, 2.24) is 0 Å². The Hall–Kier alpha value is -1.42. The molecule has 15 heavy (non-hydrogen) atoms. The van der Waals surface area contributed by atoms with Crippen LogP contribution in [0.4, 0.5) is 0 Å². The maximum atomic E-state index is 6.16. The van der Waals surface area contributed by atoms with Crippen LogP contribution in [0.3, 0.4) is 0 Å². The van der Waals surface area contributed by atoms with Gasteiger partial charge in [0.15, 0.2) is 11.5 Å². The van der Waals surface area contributed by atoms with Gasteiger partial charge >= 0.3 is 0 Å². The van der Waals surface area contributed by atoms with E-state index < -0.39 is 0 Å². The predicted molar refractivity (Wildman–Crippen MR) is 54.2 cm³/mol. The fourth-order valence-electron chi connectivity index (χ4n) is 1.89. The molecule has 1 fully saturated rings. The minimum absolute atomic E-state index is 0.216. The molecule has 80 valence electrons. The van der Waals surface area contributed by atoms with Crippen molar-refractivity contribution in [2.24, 2.45) is 5.73 Å². The van der Waals surface area contributed by atoms with Gasteiger partial charge in [0.2, 0.25) is 6.79 Å². The Balaban J connectivity index is 2.12. The van der Waals surface area contributed by atoms with Crippen LogP contribution in [0.25, 0.3) is 0 Å². The highest BCUT2D eigenvalue weighted by Gasteiger charge is 2.43. The van der Waals surface area contributed by atoms with E-state index >= 15 is 0 Å². The van der Waals surface area contributed by atoms with E-state index in [4.69, 9.17) is 19.9 Å². The van der Waals surface area contributed by atoms with E-state index in [1.807, 2.05) is 12.1 Å². The number of hydrogen-bond acceptors (Lipinski definition) is 4. The van der Waals surface area contributed by atoms with E-state index in [0.29, 0.717) is 0 Å². The minimum atomic E-state index is -0.216. The van der Waals surface area contributed by atoms with Crippen LogP contribution in [0, 0.1) is 0 Å². The van der Waals surface area contributed by atoms with Crippen LogP contribution in [-0.2, 0) is 5.54 Å².